The van der Waals surface area contributed by atoms with E-state index in [2.05, 4.69) is 10.3 Å². The van der Waals surface area contributed by atoms with E-state index in [0.29, 0.717) is 11.5 Å². The fourth-order valence-electron chi connectivity index (χ4n) is 1.86. The predicted molar refractivity (Wildman–Crippen MR) is 51.4 cm³/mol. The SMILES string of the molecule is O=C(O)c1cnccc1C1CCNC1. The number of aromatic nitrogens is 1. The topological polar surface area (TPSA) is 62.2 Å². The van der Waals surface area contributed by atoms with E-state index in [0.717, 1.165) is 25.1 Å². The van der Waals surface area contributed by atoms with Crippen LogP contribution in [0.1, 0.15) is 28.3 Å². The third kappa shape index (κ3) is 1.61. The summed E-state index contributed by atoms with van der Waals surface area (Å²) in [5, 5.41) is 12.2. The number of hydrogen-bond acceptors (Lipinski definition) is 3. The molecule has 1 aromatic rings. The second kappa shape index (κ2) is 3.75. The monoisotopic (exact) mass is 192 g/mol. The summed E-state index contributed by atoms with van der Waals surface area (Å²) in [4.78, 5) is 14.8. The molecule has 2 N–H and O–H groups in total. The molecule has 0 aromatic carbocycles. The van der Waals surface area contributed by atoms with Crippen LogP contribution in [0.5, 0.6) is 0 Å². The lowest BCUT2D eigenvalue weighted by molar-refractivity contribution is 0.0694. The van der Waals surface area contributed by atoms with Gasteiger partial charge in [0.05, 0.1) is 5.56 Å². The van der Waals surface area contributed by atoms with Crippen molar-refractivity contribution in [3.8, 4) is 0 Å². The van der Waals surface area contributed by atoms with Crippen molar-refractivity contribution in [1.82, 2.24) is 10.3 Å². The molecule has 1 aliphatic heterocycles. The van der Waals surface area contributed by atoms with Crippen molar-refractivity contribution < 1.29 is 9.90 Å². The highest BCUT2D eigenvalue weighted by atomic mass is 16.4. The van der Waals surface area contributed by atoms with E-state index in [1.165, 1.54) is 6.20 Å². The number of aromatic carboxylic acids is 1. The lowest BCUT2D eigenvalue weighted by atomic mass is 9.95. The fraction of sp³-hybridized carbons (Fsp3) is 0.400. The highest BCUT2D eigenvalue weighted by molar-refractivity contribution is 5.89. The molecular formula is C10H12N2O2. The molecular weight excluding hydrogens is 180 g/mol. The van der Waals surface area contributed by atoms with Crippen LogP contribution < -0.4 is 5.32 Å². The Morgan fingerprint density at radius 1 is 1.64 bits per heavy atom. The zero-order chi connectivity index (χ0) is 9.97. The molecule has 0 aliphatic carbocycles. The number of carboxylic acids is 1. The van der Waals surface area contributed by atoms with Gasteiger partial charge in [0, 0.05) is 18.9 Å². The zero-order valence-electron chi connectivity index (χ0n) is 7.73. The van der Waals surface area contributed by atoms with Crippen LogP contribution >= 0.6 is 0 Å². The number of nitrogens with one attached hydrogen (secondary N) is 1. The summed E-state index contributed by atoms with van der Waals surface area (Å²) < 4.78 is 0. The van der Waals surface area contributed by atoms with E-state index < -0.39 is 5.97 Å². The van der Waals surface area contributed by atoms with Crippen molar-refractivity contribution >= 4 is 5.97 Å². The van der Waals surface area contributed by atoms with Crippen LogP contribution in [0.3, 0.4) is 0 Å². The lowest BCUT2D eigenvalue weighted by Gasteiger charge is -2.10. The molecule has 1 saturated heterocycles. The van der Waals surface area contributed by atoms with Gasteiger partial charge in [0.1, 0.15) is 0 Å². The second-order valence-electron chi connectivity index (χ2n) is 3.46. The Morgan fingerprint density at radius 2 is 2.50 bits per heavy atom. The summed E-state index contributed by atoms with van der Waals surface area (Å²) in [7, 11) is 0. The van der Waals surface area contributed by atoms with Crippen molar-refractivity contribution in [2.24, 2.45) is 0 Å². The first kappa shape index (κ1) is 9.15. The van der Waals surface area contributed by atoms with Crippen LogP contribution in [0.2, 0.25) is 0 Å². The molecule has 2 heterocycles. The minimum absolute atomic E-state index is 0.323. The smallest absolute Gasteiger partial charge is 0.337 e. The fourth-order valence-corrected chi connectivity index (χ4v) is 1.86. The zero-order valence-corrected chi connectivity index (χ0v) is 7.73. The highest BCUT2D eigenvalue weighted by Crippen LogP contribution is 2.24. The first-order valence-corrected chi connectivity index (χ1v) is 4.67. The standard InChI is InChI=1S/C10H12N2O2/c13-10(14)9-6-12-4-2-8(9)7-1-3-11-5-7/h2,4,6-7,11H,1,3,5H2,(H,13,14). The minimum atomic E-state index is -0.889. The number of carboxylic acid groups (broad SMARTS) is 1. The molecule has 0 bridgehead atoms. The van der Waals surface area contributed by atoms with Gasteiger partial charge in [-0.05, 0) is 30.5 Å². The lowest BCUT2D eigenvalue weighted by Crippen LogP contribution is -2.11. The van der Waals surface area contributed by atoms with Crippen molar-refractivity contribution in [2.75, 3.05) is 13.1 Å². The molecule has 1 aliphatic rings. The van der Waals surface area contributed by atoms with E-state index in [1.54, 1.807) is 12.3 Å². The highest BCUT2D eigenvalue weighted by Gasteiger charge is 2.21. The van der Waals surface area contributed by atoms with Gasteiger partial charge in [-0.2, -0.15) is 0 Å². The van der Waals surface area contributed by atoms with Crippen LogP contribution in [-0.2, 0) is 0 Å². The molecule has 0 amide bonds. The Hall–Kier alpha value is -1.42. The maximum Gasteiger partial charge on any atom is 0.337 e. The maximum absolute atomic E-state index is 10.9. The van der Waals surface area contributed by atoms with Gasteiger partial charge in [-0.25, -0.2) is 4.79 Å². The summed E-state index contributed by atoms with van der Waals surface area (Å²) in [6.45, 7) is 1.83. The van der Waals surface area contributed by atoms with Crippen LogP contribution in [0.4, 0.5) is 0 Å². The van der Waals surface area contributed by atoms with Crippen LogP contribution in [0.15, 0.2) is 18.5 Å². The van der Waals surface area contributed by atoms with Crippen molar-refractivity contribution in [3.63, 3.8) is 0 Å². The van der Waals surface area contributed by atoms with Gasteiger partial charge in [0.2, 0.25) is 0 Å². The number of pyridine rings is 1. The molecule has 14 heavy (non-hydrogen) atoms. The molecule has 0 radical (unpaired) electrons. The van der Waals surface area contributed by atoms with Crippen LogP contribution in [-0.4, -0.2) is 29.1 Å². The van der Waals surface area contributed by atoms with Gasteiger partial charge >= 0.3 is 5.97 Å². The van der Waals surface area contributed by atoms with Gasteiger partial charge in [-0.15, -0.1) is 0 Å². The molecule has 74 valence electrons. The van der Waals surface area contributed by atoms with E-state index in [1.807, 2.05) is 0 Å². The summed E-state index contributed by atoms with van der Waals surface area (Å²) in [6, 6.07) is 1.81. The summed E-state index contributed by atoms with van der Waals surface area (Å²) in [6.07, 6.45) is 4.08. The van der Waals surface area contributed by atoms with E-state index >= 15 is 0 Å². The average Bonchev–Trinajstić information content (AvgIpc) is 2.70. The molecule has 4 heteroatoms. The molecule has 4 nitrogen and oxygen atoms in total. The van der Waals surface area contributed by atoms with Crippen LogP contribution in [0, 0.1) is 0 Å². The number of nitrogens with zero attached hydrogens (tertiary/aromatic N) is 1. The second-order valence-corrected chi connectivity index (χ2v) is 3.46. The molecule has 0 spiro atoms. The van der Waals surface area contributed by atoms with Gasteiger partial charge in [-0.3, -0.25) is 4.98 Å². The third-order valence-corrected chi connectivity index (χ3v) is 2.59. The first-order valence-electron chi connectivity index (χ1n) is 4.67. The molecule has 2 rings (SSSR count). The Labute approximate surface area is 82.0 Å². The van der Waals surface area contributed by atoms with E-state index in [-0.39, 0.29) is 0 Å². The van der Waals surface area contributed by atoms with Crippen molar-refractivity contribution in [2.45, 2.75) is 12.3 Å². The Morgan fingerprint density at radius 3 is 3.14 bits per heavy atom. The number of hydrogen-bond donors (Lipinski definition) is 2. The van der Waals surface area contributed by atoms with E-state index in [9.17, 15) is 4.79 Å². The average molecular weight is 192 g/mol. The van der Waals surface area contributed by atoms with Gasteiger partial charge in [0.25, 0.3) is 0 Å². The Bertz CT molecular complexity index is 346. The van der Waals surface area contributed by atoms with E-state index in [4.69, 9.17) is 5.11 Å². The van der Waals surface area contributed by atoms with Crippen molar-refractivity contribution in [1.29, 1.82) is 0 Å². The normalized spacial score (nSPS) is 21.0. The maximum atomic E-state index is 10.9. The molecule has 1 atom stereocenters. The van der Waals surface area contributed by atoms with Crippen molar-refractivity contribution in [3.05, 3.63) is 29.6 Å². The van der Waals surface area contributed by atoms with Gasteiger partial charge in [0.15, 0.2) is 0 Å². The van der Waals surface area contributed by atoms with Gasteiger partial charge < -0.3 is 10.4 Å². The molecule has 0 saturated carbocycles. The van der Waals surface area contributed by atoms with Crippen LogP contribution in [0.25, 0.3) is 0 Å². The largest absolute Gasteiger partial charge is 0.478 e. The minimum Gasteiger partial charge on any atom is -0.478 e. The Balaban J connectivity index is 2.35. The molecule has 1 unspecified atom stereocenters. The number of rotatable bonds is 2. The number of carbonyl (C=O) groups is 1. The van der Waals surface area contributed by atoms with Gasteiger partial charge in [-0.1, -0.05) is 0 Å². The quantitative estimate of drug-likeness (QED) is 0.729. The third-order valence-electron chi connectivity index (χ3n) is 2.59. The molecule has 1 aromatic heterocycles. The predicted octanol–water partition coefficient (Wildman–Crippen LogP) is 0.857. The summed E-state index contributed by atoms with van der Waals surface area (Å²) >= 11 is 0. The Kier molecular flexibility index (Phi) is 2.45. The summed E-state index contributed by atoms with van der Waals surface area (Å²) in [5.41, 5.74) is 1.23. The summed E-state index contributed by atoms with van der Waals surface area (Å²) in [5.74, 6) is -0.566. The first-order chi connectivity index (χ1) is 6.79. The molecule has 1 fully saturated rings.